The highest BCUT2D eigenvalue weighted by atomic mass is 19.1. The minimum absolute atomic E-state index is 0.0583. The van der Waals surface area contributed by atoms with Gasteiger partial charge in [-0.05, 0) is 17.7 Å². The maximum absolute atomic E-state index is 12.7. The Morgan fingerprint density at radius 1 is 1.50 bits per heavy atom. The number of aliphatic carboxylic acids is 1. The normalized spacial score (nSPS) is 9.21. The smallest absolute Gasteiger partial charge is 0.308 e. The lowest BCUT2D eigenvalue weighted by Crippen LogP contribution is -1.97. The van der Waals surface area contributed by atoms with E-state index in [0.717, 1.165) is 6.07 Å². The fourth-order valence-corrected chi connectivity index (χ4v) is 1.02. The fourth-order valence-electron chi connectivity index (χ4n) is 1.02. The summed E-state index contributed by atoms with van der Waals surface area (Å²) < 4.78 is 12.7. The number of benzene rings is 1. The van der Waals surface area contributed by atoms with Gasteiger partial charge in [-0.1, -0.05) is 12.1 Å². The lowest BCUT2D eigenvalue weighted by atomic mass is 10.0. The van der Waals surface area contributed by atoms with Gasteiger partial charge in [0.1, 0.15) is 11.8 Å². The van der Waals surface area contributed by atoms with Gasteiger partial charge >= 0.3 is 5.97 Å². The highest BCUT2D eigenvalue weighted by Gasteiger charge is 2.08. The van der Waals surface area contributed by atoms with E-state index < -0.39 is 18.2 Å². The lowest BCUT2D eigenvalue weighted by Gasteiger charge is -1.99. The highest BCUT2D eigenvalue weighted by molar-refractivity contribution is 5.95. The first-order valence-electron chi connectivity index (χ1n) is 3.85. The van der Waals surface area contributed by atoms with E-state index in [1.807, 2.05) is 0 Å². The maximum Gasteiger partial charge on any atom is 0.308 e. The largest absolute Gasteiger partial charge is 0.481 e. The van der Waals surface area contributed by atoms with Crippen LogP contribution in [0.25, 0.3) is 5.57 Å². The first kappa shape index (κ1) is 10.2. The molecule has 0 spiro atoms. The van der Waals surface area contributed by atoms with E-state index in [-0.39, 0.29) is 11.1 Å². The van der Waals surface area contributed by atoms with Gasteiger partial charge in [0, 0.05) is 0 Å². The van der Waals surface area contributed by atoms with Gasteiger partial charge in [-0.2, -0.15) is 0 Å². The van der Waals surface area contributed by atoms with Gasteiger partial charge in [-0.3, -0.25) is 4.79 Å². The van der Waals surface area contributed by atoms with Gasteiger partial charge in [0.2, 0.25) is 0 Å². The molecule has 0 amide bonds. The molecule has 1 N–H and O–H groups in total. The molecule has 0 aliphatic heterocycles. The van der Waals surface area contributed by atoms with Crippen LogP contribution in [0.3, 0.4) is 0 Å². The van der Waals surface area contributed by atoms with Gasteiger partial charge in [0.15, 0.2) is 0 Å². The van der Waals surface area contributed by atoms with Crippen molar-refractivity contribution in [2.24, 2.45) is 0 Å². The Labute approximate surface area is 79.5 Å². The number of carboxylic acid groups (broad SMARTS) is 1. The van der Waals surface area contributed by atoms with Crippen molar-refractivity contribution in [1.29, 1.82) is 0 Å². The molecule has 1 aromatic carbocycles. The Hall–Kier alpha value is -1.93. The van der Waals surface area contributed by atoms with E-state index in [2.05, 4.69) is 0 Å². The summed E-state index contributed by atoms with van der Waals surface area (Å²) in [4.78, 5) is 20.7. The van der Waals surface area contributed by atoms with Crippen LogP contribution in [-0.4, -0.2) is 17.0 Å². The molecule has 0 radical (unpaired) electrons. The molecule has 1 rings (SSSR count). The molecule has 4 heteroatoms. The average molecular weight is 194 g/mol. The molecule has 0 unspecified atom stereocenters. The fraction of sp³-hybridized carbons (Fsp3) is 0.100. The molecule has 72 valence electrons. The van der Waals surface area contributed by atoms with Crippen molar-refractivity contribution >= 4 is 17.5 Å². The molecular formula is C10H7FO3. The van der Waals surface area contributed by atoms with Crippen molar-refractivity contribution in [2.45, 2.75) is 6.42 Å². The second-order valence-electron chi connectivity index (χ2n) is 2.66. The Bertz CT molecular complexity index is 406. The van der Waals surface area contributed by atoms with Gasteiger partial charge in [0.05, 0.1) is 12.0 Å². The number of halogens is 1. The molecule has 0 aliphatic carbocycles. The van der Waals surface area contributed by atoms with Crippen LogP contribution in [0, 0.1) is 5.82 Å². The molecule has 0 heterocycles. The van der Waals surface area contributed by atoms with Crippen LogP contribution < -0.4 is 0 Å². The molecule has 0 fully saturated rings. The minimum Gasteiger partial charge on any atom is -0.481 e. The SMILES string of the molecule is O=C=C(CC(=O)O)c1cccc(F)c1. The Morgan fingerprint density at radius 3 is 2.71 bits per heavy atom. The van der Waals surface area contributed by atoms with Crippen molar-refractivity contribution in [3.8, 4) is 0 Å². The summed E-state index contributed by atoms with van der Waals surface area (Å²) in [7, 11) is 0. The zero-order valence-electron chi connectivity index (χ0n) is 7.16. The quantitative estimate of drug-likeness (QED) is 0.742. The Balaban J connectivity index is 3.02. The van der Waals surface area contributed by atoms with Crippen molar-refractivity contribution < 1.29 is 19.1 Å². The first-order valence-corrected chi connectivity index (χ1v) is 3.85. The van der Waals surface area contributed by atoms with Crippen molar-refractivity contribution in [1.82, 2.24) is 0 Å². The second-order valence-corrected chi connectivity index (χ2v) is 2.66. The summed E-state index contributed by atoms with van der Waals surface area (Å²) in [6, 6.07) is 5.19. The van der Waals surface area contributed by atoms with Crippen LogP contribution in [-0.2, 0) is 9.59 Å². The summed E-state index contributed by atoms with van der Waals surface area (Å²) in [6.45, 7) is 0. The van der Waals surface area contributed by atoms with E-state index in [1.165, 1.54) is 24.1 Å². The van der Waals surface area contributed by atoms with E-state index in [9.17, 15) is 14.0 Å². The van der Waals surface area contributed by atoms with E-state index in [0.29, 0.717) is 0 Å². The zero-order valence-corrected chi connectivity index (χ0v) is 7.16. The van der Waals surface area contributed by atoms with Gasteiger partial charge in [0.25, 0.3) is 0 Å². The summed E-state index contributed by atoms with van der Waals surface area (Å²) in [6.07, 6.45) is -0.451. The number of carbonyl (C=O) groups excluding carboxylic acids is 1. The highest BCUT2D eigenvalue weighted by Crippen LogP contribution is 2.15. The minimum atomic E-state index is -1.15. The monoisotopic (exact) mass is 194 g/mol. The molecule has 0 atom stereocenters. The topological polar surface area (TPSA) is 54.4 Å². The van der Waals surface area contributed by atoms with Crippen LogP contribution in [0.4, 0.5) is 4.39 Å². The first-order chi connectivity index (χ1) is 6.63. The predicted molar refractivity (Wildman–Crippen MR) is 47.8 cm³/mol. The van der Waals surface area contributed by atoms with Crippen molar-refractivity contribution in [2.75, 3.05) is 0 Å². The van der Waals surface area contributed by atoms with Crippen molar-refractivity contribution in [3.63, 3.8) is 0 Å². The van der Waals surface area contributed by atoms with Gasteiger partial charge < -0.3 is 5.11 Å². The molecule has 3 nitrogen and oxygen atoms in total. The number of carbonyl (C=O) groups is 1. The third-order valence-corrected chi connectivity index (χ3v) is 1.62. The molecule has 14 heavy (non-hydrogen) atoms. The maximum atomic E-state index is 12.7. The number of hydrogen-bond donors (Lipinski definition) is 1. The predicted octanol–water partition coefficient (Wildman–Crippen LogP) is 1.52. The molecule has 0 aromatic heterocycles. The van der Waals surface area contributed by atoms with Gasteiger partial charge in [-0.15, -0.1) is 0 Å². The third kappa shape index (κ3) is 2.54. The molecule has 0 saturated carbocycles. The molecule has 0 bridgehead atoms. The standard InChI is InChI=1S/C10H7FO3/c11-9-3-1-2-7(4-9)8(6-12)5-10(13)14/h1-4H,5H2,(H,13,14). The van der Waals surface area contributed by atoms with Crippen molar-refractivity contribution in [3.05, 3.63) is 35.6 Å². The number of carboxylic acids is 1. The molecular weight excluding hydrogens is 187 g/mol. The van der Waals surface area contributed by atoms with Crippen LogP contribution >= 0.6 is 0 Å². The van der Waals surface area contributed by atoms with E-state index in [4.69, 9.17) is 5.11 Å². The average Bonchev–Trinajstić information content (AvgIpc) is 2.14. The number of hydrogen-bond acceptors (Lipinski definition) is 2. The summed E-state index contributed by atoms with van der Waals surface area (Å²) in [5.41, 5.74) is 0.194. The summed E-state index contributed by atoms with van der Waals surface area (Å²) in [5, 5.41) is 8.45. The summed E-state index contributed by atoms with van der Waals surface area (Å²) >= 11 is 0. The van der Waals surface area contributed by atoms with Crippen LogP contribution in [0.2, 0.25) is 0 Å². The lowest BCUT2D eigenvalue weighted by molar-refractivity contribution is -0.135. The van der Waals surface area contributed by atoms with Crippen LogP contribution in [0.1, 0.15) is 12.0 Å². The van der Waals surface area contributed by atoms with Crippen LogP contribution in [0.5, 0.6) is 0 Å². The van der Waals surface area contributed by atoms with E-state index in [1.54, 1.807) is 0 Å². The summed E-state index contributed by atoms with van der Waals surface area (Å²) in [5.74, 6) is -0.163. The second kappa shape index (κ2) is 4.35. The Morgan fingerprint density at radius 2 is 2.21 bits per heavy atom. The van der Waals surface area contributed by atoms with E-state index >= 15 is 0 Å². The molecule has 0 saturated heterocycles. The zero-order chi connectivity index (χ0) is 10.6. The Kier molecular flexibility index (Phi) is 3.15. The molecule has 1 aromatic rings. The third-order valence-electron chi connectivity index (χ3n) is 1.62. The van der Waals surface area contributed by atoms with Gasteiger partial charge in [-0.25, -0.2) is 9.18 Å². The van der Waals surface area contributed by atoms with Crippen LogP contribution in [0.15, 0.2) is 24.3 Å². The number of rotatable bonds is 3. The molecule has 0 aliphatic rings.